The topological polar surface area (TPSA) is 77.7 Å². The average molecular weight is 254 g/mol. The van der Waals surface area contributed by atoms with Crippen LogP contribution < -0.4 is 10.2 Å². The standard InChI is InChI=1S/C13H14N6/c1-19(7-5-11-4-2-3-6-15-11)13-8-12(16-9-14)17-10-18-13/h2-4,6,8,10H,5,7H2,1H3,(H,16,17,18). The van der Waals surface area contributed by atoms with Crippen molar-refractivity contribution in [1.82, 2.24) is 15.0 Å². The molecule has 0 amide bonds. The molecular weight excluding hydrogens is 240 g/mol. The van der Waals surface area contributed by atoms with Gasteiger partial charge in [0.15, 0.2) is 6.19 Å². The predicted molar refractivity (Wildman–Crippen MR) is 72.5 cm³/mol. The molecule has 0 bridgehead atoms. The van der Waals surface area contributed by atoms with Gasteiger partial charge in [0.05, 0.1) is 0 Å². The Hall–Kier alpha value is -2.68. The molecule has 0 radical (unpaired) electrons. The van der Waals surface area contributed by atoms with Gasteiger partial charge in [-0.3, -0.25) is 10.3 Å². The molecule has 6 heteroatoms. The van der Waals surface area contributed by atoms with Crippen LogP contribution in [0.5, 0.6) is 0 Å². The molecule has 2 heterocycles. The first-order chi connectivity index (χ1) is 9.29. The van der Waals surface area contributed by atoms with E-state index in [2.05, 4.69) is 20.3 Å². The number of likely N-dealkylation sites (N-methyl/N-ethyl adjacent to an activating group) is 1. The number of rotatable bonds is 5. The molecule has 0 aromatic carbocycles. The molecule has 1 N–H and O–H groups in total. The van der Waals surface area contributed by atoms with Crippen molar-refractivity contribution in [3.05, 3.63) is 42.5 Å². The van der Waals surface area contributed by atoms with E-state index in [0.717, 1.165) is 24.5 Å². The van der Waals surface area contributed by atoms with Gasteiger partial charge in [0.1, 0.15) is 18.0 Å². The van der Waals surface area contributed by atoms with Crippen LogP contribution in [0.1, 0.15) is 5.69 Å². The zero-order chi connectivity index (χ0) is 13.5. The molecule has 2 rings (SSSR count). The molecule has 2 aromatic rings. The van der Waals surface area contributed by atoms with Crippen molar-refractivity contribution in [2.45, 2.75) is 6.42 Å². The van der Waals surface area contributed by atoms with Crippen LogP contribution in [0, 0.1) is 11.5 Å². The summed E-state index contributed by atoms with van der Waals surface area (Å²) in [6.45, 7) is 0.792. The zero-order valence-electron chi connectivity index (χ0n) is 10.6. The van der Waals surface area contributed by atoms with E-state index in [9.17, 15) is 0 Å². The molecule has 2 aromatic heterocycles. The van der Waals surface area contributed by atoms with Gasteiger partial charge in [-0.15, -0.1) is 0 Å². The van der Waals surface area contributed by atoms with Crippen molar-refractivity contribution in [2.24, 2.45) is 0 Å². The summed E-state index contributed by atoms with van der Waals surface area (Å²) in [7, 11) is 1.95. The van der Waals surface area contributed by atoms with Gasteiger partial charge in [0, 0.05) is 38.0 Å². The molecule has 96 valence electrons. The van der Waals surface area contributed by atoms with Gasteiger partial charge in [0.25, 0.3) is 0 Å². The van der Waals surface area contributed by atoms with Crippen LogP contribution >= 0.6 is 0 Å². The highest BCUT2D eigenvalue weighted by atomic mass is 15.2. The number of aromatic nitrogens is 3. The first-order valence-electron chi connectivity index (χ1n) is 5.88. The van der Waals surface area contributed by atoms with Crippen molar-refractivity contribution in [1.29, 1.82) is 5.26 Å². The summed E-state index contributed by atoms with van der Waals surface area (Å²) in [5, 5.41) is 11.0. The van der Waals surface area contributed by atoms with E-state index >= 15 is 0 Å². The van der Waals surface area contributed by atoms with E-state index in [1.807, 2.05) is 36.3 Å². The second-order valence-corrected chi connectivity index (χ2v) is 3.99. The Morgan fingerprint density at radius 3 is 2.95 bits per heavy atom. The molecule has 0 saturated heterocycles. The van der Waals surface area contributed by atoms with Crippen molar-refractivity contribution in [3.8, 4) is 6.19 Å². The summed E-state index contributed by atoms with van der Waals surface area (Å²) < 4.78 is 0. The van der Waals surface area contributed by atoms with Crippen molar-refractivity contribution in [2.75, 3.05) is 23.8 Å². The van der Waals surface area contributed by atoms with Gasteiger partial charge < -0.3 is 4.90 Å². The van der Waals surface area contributed by atoms with E-state index < -0.39 is 0 Å². The molecule has 0 fully saturated rings. The second-order valence-electron chi connectivity index (χ2n) is 3.99. The van der Waals surface area contributed by atoms with Crippen molar-refractivity contribution < 1.29 is 0 Å². The fourth-order valence-electron chi connectivity index (χ4n) is 1.62. The average Bonchev–Trinajstić information content (AvgIpc) is 2.46. The molecule has 0 aliphatic heterocycles. The largest absolute Gasteiger partial charge is 0.359 e. The number of hydrogen-bond acceptors (Lipinski definition) is 6. The second kappa shape index (κ2) is 6.31. The third-order valence-electron chi connectivity index (χ3n) is 2.66. The Kier molecular flexibility index (Phi) is 4.24. The fraction of sp³-hybridized carbons (Fsp3) is 0.231. The Balaban J connectivity index is 1.98. The summed E-state index contributed by atoms with van der Waals surface area (Å²) in [4.78, 5) is 14.4. The monoisotopic (exact) mass is 254 g/mol. The lowest BCUT2D eigenvalue weighted by Crippen LogP contribution is -2.21. The molecule has 6 nitrogen and oxygen atoms in total. The smallest absolute Gasteiger partial charge is 0.182 e. The highest BCUT2D eigenvalue weighted by molar-refractivity contribution is 5.49. The van der Waals surface area contributed by atoms with Gasteiger partial charge in [-0.05, 0) is 12.1 Å². The van der Waals surface area contributed by atoms with Gasteiger partial charge in [-0.25, -0.2) is 9.97 Å². The van der Waals surface area contributed by atoms with E-state index in [0.29, 0.717) is 5.82 Å². The number of anilines is 2. The minimum Gasteiger partial charge on any atom is -0.359 e. The molecule has 0 unspecified atom stereocenters. The van der Waals surface area contributed by atoms with E-state index in [-0.39, 0.29) is 0 Å². The third kappa shape index (κ3) is 3.64. The van der Waals surface area contributed by atoms with E-state index in [1.54, 1.807) is 12.3 Å². The maximum atomic E-state index is 8.56. The Bertz CT molecular complexity index is 563. The quantitative estimate of drug-likeness (QED) is 0.642. The molecule has 0 aliphatic carbocycles. The first kappa shape index (κ1) is 12.8. The van der Waals surface area contributed by atoms with Crippen LogP contribution in [-0.2, 0) is 6.42 Å². The van der Waals surface area contributed by atoms with Crippen LogP contribution in [0.25, 0.3) is 0 Å². The maximum absolute atomic E-state index is 8.56. The van der Waals surface area contributed by atoms with Gasteiger partial charge >= 0.3 is 0 Å². The predicted octanol–water partition coefficient (Wildman–Crippen LogP) is 1.44. The van der Waals surface area contributed by atoms with E-state index in [4.69, 9.17) is 5.26 Å². The van der Waals surface area contributed by atoms with Crippen molar-refractivity contribution in [3.63, 3.8) is 0 Å². The van der Waals surface area contributed by atoms with Crippen LogP contribution in [0.2, 0.25) is 0 Å². The van der Waals surface area contributed by atoms with Crippen LogP contribution in [0.4, 0.5) is 11.6 Å². The van der Waals surface area contributed by atoms with Gasteiger partial charge in [-0.2, -0.15) is 5.26 Å². The minimum absolute atomic E-state index is 0.497. The summed E-state index contributed by atoms with van der Waals surface area (Å²) in [5.41, 5.74) is 1.04. The van der Waals surface area contributed by atoms with Gasteiger partial charge in [0.2, 0.25) is 0 Å². The SMILES string of the molecule is CN(CCc1ccccn1)c1cc(NC#N)ncn1. The Morgan fingerprint density at radius 2 is 2.21 bits per heavy atom. The summed E-state index contributed by atoms with van der Waals surface area (Å²) >= 11 is 0. The number of nitrogens with one attached hydrogen (secondary N) is 1. The summed E-state index contributed by atoms with van der Waals surface area (Å²) in [6, 6.07) is 7.61. The van der Waals surface area contributed by atoms with Gasteiger partial charge in [-0.1, -0.05) is 6.07 Å². The van der Waals surface area contributed by atoms with E-state index in [1.165, 1.54) is 6.33 Å². The zero-order valence-corrected chi connectivity index (χ0v) is 10.6. The highest BCUT2D eigenvalue weighted by Crippen LogP contribution is 2.12. The number of nitrogens with zero attached hydrogens (tertiary/aromatic N) is 5. The van der Waals surface area contributed by atoms with Crippen LogP contribution in [0.15, 0.2) is 36.8 Å². The summed E-state index contributed by atoms with van der Waals surface area (Å²) in [6.07, 6.45) is 5.90. The molecule has 0 aliphatic rings. The maximum Gasteiger partial charge on any atom is 0.182 e. The number of nitriles is 1. The molecule has 0 saturated carbocycles. The molecule has 0 atom stereocenters. The highest BCUT2D eigenvalue weighted by Gasteiger charge is 2.05. The van der Waals surface area contributed by atoms with Crippen molar-refractivity contribution >= 4 is 11.6 Å². The minimum atomic E-state index is 0.497. The lowest BCUT2D eigenvalue weighted by Gasteiger charge is -2.17. The van der Waals surface area contributed by atoms with Crippen LogP contribution in [-0.4, -0.2) is 28.5 Å². The lowest BCUT2D eigenvalue weighted by molar-refractivity contribution is 0.836. The molecule has 0 spiro atoms. The number of hydrogen-bond donors (Lipinski definition) is 1. The Morgan fingerprint density at radius 1 is 1.32 bits per heavy atom. The molecular formula is C13H14N6. The fourth-order valence-corrected chi connectivity index (χ4v) is 1.62. The Labute approximate surface area is 111 Å². The number of pyridine rings is 1. The van der Waals surface area contributed by atoms with Crippen LogP contribution in [0.3, 0.4) is 0 Å². The first-order valence-corrected chi connectivity index (χ1v) is 5.88. The lowest BCUT2D eigenvalue weighted by atomic mass is 10.2. The normalized spacial score (nSPS) is 9.68. The third-order valence-corrected chi connectivity index (χ3v) is 2.66. The summed E-state index contributed by atoms with van der Waals surface area (Å²) in [5.74, 6) is 1.26. The molecule has 19 heavy (non-hydrogen) atoms.